The third-order valence-electron chi connectivity index (χ3n) is 5.92. The number of nitriles is 1. The van der Waals surface area contributed by atoms with E-state index in [-0.39, 0.29) is 0 Å². The molecule has 1 aromatic rings. The van der Waals surface area contributed by atoms with E-state index in [2.05, 4.69) is 35.8 Å². The summed E-state index contributed by atoms with van der Waals surface area (Å²) in [7, 11) is 0. The van der Waals surface area contributed by atoms with Crippen LogP contribution in [0.3, 0.4) is 0 Å². The second-order valence-electron chi connectivity index (χ2n) is 7.76. The maximum absolute atomic E-state index is 9.21. The summed E-state index contributed by atoms with van der Waals surface area (Å²) >= 11 is 0. The third kappa shape index (κ3) is 1.67. The Morgan fingerprint density at radius 3 is 2.20 bits per heavy atom. The Balaban J connectivity index is 1.81. The fraction of sp³-hybridized carbons (Fsp3) is 0.765. The van der Waals surface area contributed by atoms with E-state index < -0.39 is 0 Å². The quantitative estimate of drug-likeness (QED) is 0.819. The van der Waals surface area contributed by atoms with Crippen molar-refractivity contribution in [2.75, 3.05) is 0 Å². The molecule has 0 aliphatic heterocycles. The monoisotopic (exact) mass is 269 g/mol. The molecule has 4 fully saturated rings. The lowest BCUT2D eigenvalue weighted by Crippen LogP contribution is -2.49. The van der Waals surface area contributed by atoms with Crippen LogP contribution in [0.25, 0.3) is 0 Å². The molecular formula is C17H23N3. The van der Waals surface area contributed by atoms with Crippen molar-refractivity contribution >= 4 is 0 Å². The Kier molecular flexibility index (Phi) is 2.55. The fourth-order valence-corrected chi connectivity index (χ4v) is 5.66. The van der Waals surface area contributed by atoms with Crippen molar-refractivity contribution in [3.05, 3.63) is 17.5 Å². The highest BCUT2D eigenvalue weighted by atomic mass is 15.3. The number of hydrogen-bond donors (Lipinski definition) is 0. The van der Waals surface area contributed by atoms with Crippen LogP contribution >= 0.6 is 0 Å². The van der Waals surface area contributed by atoms with Crippen molar-refractivity contribution in [1.82, 2.24) is 9.78 Å². The lowest BCUT2D eigenvalue weighted by Gasteiger charge is -2.56. The van der Waals surface area contributed by atoms with Gasteiger partial charge >= 0.3 is 0 Å². The van der Waals surface area contributed by atoms with Crippen molar-refractivity contribution in [2.45, 2.75) is 63.8 Å². The minimum atomic E-state index is 0.334. The maximum Gasteiger partial charge on any atom is 0.162 e. The van der Waals surface area contributed by atoms with Gasteiger partial charge in [-0.3, -0.25) is 4.68 Å². The molecule has 3 heteroatoms. The molecule has 5 rings (SSSR count). The van der Waals surface area contributed by atoms with Crippen LogP contribution in [0.2, 0.25) is 0 Å². The van der Waals surface area contributed by atoms with Gasteiger partial charge < -0.3 is 0 Å². The Bertz CT molecular complexity index is 540. The molecule has 0 spiro atoms. The van der Waals surface area contributed by atoms with Gasteiger partial charge in [0, 0.05) is 17.2 Å². The SMILES string of the molecule is CC(C)n1nc(C#N)cc1C12CC3CC(CC(C3)C1)C2. The highest BCUT2D eigenvalue weighted by molar-refractivity contribution is 5.31. The minimum Gasteiger partial charge on any atom is -0.265 e. The summed E-state index contributed by atoms with van der Waals surface area (Å²) in [5.41, 5.74) is 2.30. The Labute approximate surface area is 121 Å². The van der Waals surface area contributed by atoms with Crippen LogP contribution in [0.4, 0.5) is 0 Å². The number of aromatic nitrogens is 2. The van der Waals surface area contributed by atoms with Crippen molar-refractivity contribution in [2.24, 2.45) is 17.8 Å². The van der Waals surface area contributed by atoms with Gasteiger partial charge in [0.05, 0.1) is 0 Å². The minimum absolute atomic E-state index is 0.334. The number of nitrogens with zero attached hydrogens (tertiary/aromatic N) is 3. The molecule has 1 aromatic heterocycles. The van der Waals surface area contributed by atoms with Crippen LogP contribution in [0, 0.1) is 29.1 Å². The van der Waals surface area contributed by atoms with Gasteiger partial charge in [0.2, 0.25) is 0 Å². The Hall–Kier alpha value is -1.30. The highest BCUT2D eigenvalue weighted by Crippen LogP contribution is 2.60. The molecule has 4 aliphatic rings. The lowest BCUT2D eigenvalue weighted by molar-refractivity contribution is -0.00976. The molecule has 0 aromatic carbocycles. The molecule has 0 N–H and O–H groups in total. The predicted molar refractivity (Wildman–Crippen MR) is 77.2 cm³/mol. The summed E-state index contributed by atoms with van der Waals surface area (Å²) in [5, 5.41) is 13.8. The van der Waals surface area contributed by atoms with E-state index in [9.17, 15) is 5.26 Å². The van der Waals surface area contributed by atoms with Crippen LogP contribution in [-0.2, 0) is 5.41 Å². The van der Waals surface area contributed by atoms with E-state index in [1.54, 1.807) is 0 Å². The van der Waals surface area contributed by atoms with Gasteiger partial charge in [0.1, 0.15) is 6.07 Å². The van der Waals surface area contributed by atoms with Crippen LogP contribution in [0.5, 0.6) is 0 Å². The van der Waals surface area contributed by atoms with E-state index >= 15 is 0 Å². The Morgan fingerprint density at radius 1 is 1.20 bits per heavy atom. The van der Waals surface area contributed by atoms with Crippen LogP contribution in [-0.4, -0.2) is 9.78 Å². The van der Waals surface area contributed by atoms with Crippen molar-refractivity contribution < 1.29 is 0 Å². The number of rotatable bonds is 2. The first-order valence-corrected chi connectivity index (χ1v) is 8.10. The summed E-state index contributed by atoms with van der Waals surface area (Å²) in [6.45, 7) is 4.36. The zero-order chi connectivity index (χ0) is 13.9. The van der Waals surface area contributed by atoms with Crippen molar-refractivity contribution in [3.63, 3.8) is 0 Å². The molecule has 0 saturated heterocycles. The standard InChI is InChI=1S/C17H23N3/c1-11(2)20-16(6-15(10-18)19-20)17-7-12-3-13(8-17)5-14(4-12)9-17/h6,11-14H,3-5,7-9H2,1-2H3. The van der Waals surface area contributed by atoms with E-state index in [4.69, 9.17) is 0 Å². The zero-order valence-electron chi connectivity index (χ0n) is 12.5. The van der Waals surface area contributed by atoms with E-state index in [1.165, 1.54) is 44.2 Å². The van der Waals surface area contributed by atoms with Gasteiger partial charge in [-0.1, -0.05) is 0 Å². The Morgan fingerprint density at radius 2 is 1.75 bits per heavy atom. The van der Waals surface area contributed by atoms with Crippen LogP contribution < -0.4 is 0 Å². The van der Waals surface area contributed by atoms with Crippen molar-refractivity contribution in [1.29, 1.82) is 5.26 Å². The molecule has 0 atom stereocenters. The zero-order valence-corrected chi connectivity index (χ0v) is 12.5. The normalized spacial score (nSPS) is 38.4. The first kappa shape index (κ1) is 12.4. The predicted octanol–water partition coefficient (Wildman–Crippen LogP) is 3.80. The van der Waals surface area contributed by atoms with Gasteiger partial charge in [-0.2, -0.15) is 10.4 Å². The molecular weight excluding hydrogens is 246 g/mol. The second-order valence-corrected chi connectivity index (χ2v) is 7.76. The summed E-state index contributed by atoms with van der Waals surface area (Å²) in [6, 6.07) is 4.68. The first-order valence-electron chi connectivity index (χ1n) is 8.10. The summed E-state index contributed by atoms with van der Waals surface area (Å²) in [6.07, 6.45) is 8.38. The second kappa shape index (κ2) is 4.10. The van der Waals surface area contributed by atoms with Gasteiger partial charge in [-0.25, -0.2) is 0 Å². The smallest absolute Gasteiger partial charge is 0.162 e. The molecule has 0 unspecified atom stereocenters. The lowest BCUT2D eigenvalue weighted by atomic mass is 9.49. The van der Waals surface area contributed by atoms with E-state index in [0.29, 0.717) is 17.2 Å². The molecule has 0 amide bonds. The molecule has 106 valence electrons. The van der Waals surface area contributed by atoms with Gasteiger partial charge in [-0.05, 0) is 76.2 Å². The van der Waals surface area contributed by atoms with E-state index in [0.717, 1.165) is 17.8 Å². The topological polar surface area (TPSA) is 41.6 Å². The van der Waals surface area contributed by atoms with Gasteiger partial charge in [0.25, 0.3) is 0 Å². The van der Waals surface area contributed by atoms with Crippen LogP contribution in [0.1, 0.15) is 69.8 Å². The molecule has 0 radical (unpaired) electrons. The molecule has 20 heavy (non-hydrogen) atoms. The molecule has 3 nitrogen and oxygen atoms in total. The molecule has 4 saturated carbocycles. The average Bonchev–Trinajstić information content (AvgIpc) is 2.82. The first-order chi connectivity index (χ1) is 9.59. The van der Waals surface area contributed by atoms with Gasteiger partial charge in [-0.15, -0.1) is 0 Å². The highest BCUT2D eigenvalue weighted by Gasteiger charge is 2.53. The summed E-state index contributed by atoms with van der Waals surface area (Å²) < 4.78 is 2.14. The largest absolute Gasteiger partial charge is 0.265 e. The summed E-state index contributed by atoms with van der Waals surface area (Å²) in [4.78, 5) is 0. The maximum atomic E-state index is 9.21. The third-order valence-corrected chi connectivity index (χ3v) is 5.92. The van der Waals surface area contributed by atoms with Gasteiger partial charge in [0.15, 0.2) is 5.69 Å². The average molecular weight is 269 g/mol. The van der Waals surface area contributed by atoms with E-state index in [1.807, 2.05) is 0 Å². The van der Waals surface area contributed by atoms with Crippen molar-refractivity contribution in [3.8, 4) is 6.07 Å². The molecule has 4 bridgehead atoms. The van der Waals surface area contributed by atoms with Crippen LogP contribution in [0.15, 0.2) is 6.07 Å². The molecule has 1 heterocycles. The fourth-order valence-electron chi connectivity index (χ4n) is 5.66. The number of hydrogen-bond acceptors (Lipinski definition) is 2. The molecule has 4 aliphatic carbocycles. The summed E-state index contributed by atoms with van der Waals surface area (Å²) in [5.74, 6) is 2.80.